The molecule has 0 saturated carbocycles. The SMILES string of the molecule is O=C(CO)C(O)C(O)C(O)CO.O=[Se](O)O. The van der Waals surface area contributed by atoms with Gasteiger partial charge in [0, 0.05) is 0 Å². The Morgan fingerprint density at radius 2 is 1.50 bits per heavy atom. The van der Waals surface area contributed by atoms with Crippen LogP contribution >= 0.6 is 0 Å². The number of Topliss-reactive ketones (excluding diaryl/α,β-unsaturated/α-hetero) is 1. The van der Waals surface area contributed by atoms with Crippen LogP contribution in [0.25, 0.3) is 0 Å². The quantitative estimate of drug-likeness (QED) is 0.245. The van der Waals surface area contributed by atoms with E-state index in [-0.39, 0.29) is 0 Å². The molecule has 0 aromatic carbocycles. The molecular weight excluding hydrogens is 295 g/mol. The average molecular weight is 309 g/mol. The summed E-state index contributed by atoms with van der Waals surface area (Å²) in [6.45, 7) is -1.69. The molecule has 0 saturated heterocycles. The molecule has 98 valence electrons. The number of aliphatic hydroxyl groups excluding tert-OH is 5. The van der Waals surface area contributed by atoms with Gasteiger partial charge in [0.05, 0.1) is 6.61 Å². The van der Waals surface area contributed by atoms with Crippen molar-refractivity contribution in [2.45, 2.75) is 18.3 Å². The van der Waals surface area contributed by atoms with Crippen LogP contribution in [0.2, 0.25) is 0 Å². The zero-order chi connectivity index (χ0) is 13.3. The average Bonchev–Trinajstić information content (AvgIpc) is 2.24. The van der Waals surface area contributed by atoms with Crippen molar-refractivity contribution in [1.29, 1.82) is 0 Å². The van der Waals surface area contributed by atoms with Gasteiger partial charge < -0.3 is 25.5 Å². The predicted octanol–water partition coefficient (Wildman–Crippen LogP) is -4.99. The van der Waals surface area contributed by atoms with Gasteiger partial charge in [-0.2, -0.15) is 0 Å². The van der Waals surface area contributed by atoms with Gasteiger partial charge in [-0.3, -0.25) is 4.79 Å². The number of rotatable bonds is 5. The summed E-state index contributed by atoms with van der Waals surface area (Å²) in [6.07, 6.45) is -5.22. The van der Waals surface area contributed by atoms with Crippen LogP contribution in [0.1, 0.15) is 0 Å². The van der Waals surface area contributed by atoms with E-state index in [1.165, 1.54) is 0 Å². The van der Waals surface area contributed by atoms with Crippen LogP contribution in [0, 0.1) is 0 Å². The molecule has 10 heteroatoms. The number of hydrogen-bond acceptors (Lipinski definition) is 7. The summed E-state index contributed by atoms with van der Waals surface area (Å²) in [5.74, 6) is -1.00. The van der Waals surface area contributed by atoms with E-state index in [9.17, 15) is 4.79 Å². The van der Waals surface area contributed by atoms with Crippen LogP contribution in [-0.4, -0.2) is 85.7 Å². The molecule has 0 amide bonds. The third-order valence-electron chi connectivity index (χ3n) is 1.39. The molecule has 0 aliphatic rings. The summed E-state index contributed by atoms with van der Waals surface area (Å²) >= 11 is -3.29. The van der Waals surface area contributed by atoms with Crippen molar-refractivity contribution in [2.24, 2.45) is 0 Å². The fourth-order valence-electron chi connectivity index (χ4n) is 0.602. The van der Waals surface area contributed by atoms with Crippen molar-refractivity contribution >= 4 is 20.3 Å². The van der Waals surface area contributed by atoms with Crippen LogP contribution < -0.4 is 0 Å². The Kier molecular flexibility index (Phi) is 11.2. The number of aliphatic hydroxyl groups is 5. The first-order valence-electron chi connectivity index (χ1n) is 3.86. The van der Waals surface area contributed by atoms with Gasteiger partial charge in [-0.1, -0.05) is 0 Å². The van der Waals surface area contributed by atoms with Crippen LogP contribution in [0.4, 0.5) is 0 Å². The van der Waals surface area contributed by atoms with E-state index in [0.717, 1.165) is 0 Å². The Morgan fingerprint density at radius 1 is 1.12 bits per heavy atom. The minimum absolute atomic E-state index is 0.767. The first kappa shape index (κ1) is 18.1. The summed E-state index contributed by atoms with van der Waals surface area (Å²) in [7, 11) is 0. The van der Waals surface area contributed by atoms with Crippen LogP contribution in [-0.2, 0) is 8.63 Å². The third kappa shape index (κ3) is 8.97. The number of carbonyl (C=O) groups is 1. The van der Waals surface area contributed by atoms with E-state index in [1.54, 1.807) is 0 Å². The van der Waals surface area contributed by atoms with Crippen molar-refractivity contribution in [2.75, 3.05) is 13.2 Å². The summed E-state index contributed by atoms with van der Waals surface area (Å²) in [5.41, 5.74) is 0. The van der Waals surface area contributed by atoms with Gasteiger partial charge in [-0.05, 0) is 0 Å². The molecule has 0 aromatic heterocycles. The summed E-state index contributed by atoms with van der Waals surface area (Å²) in [6, 6.07) is 0. The minimum atomic E-state index is -3.29. The predicted molar refractivity (Wildman–Crippen MR) is 48.1 cm³/mol. The molecule has 0 rings (SSSR count). The molecule has 3 unspecified atom stereocenters. The monoisotopic (exact) mass is 310 g/mol. The van der Waals surface area contributed by atoms with Crippen molar-refractivity contribution in [3.05, 3.63) is 0 Å². The molecular formula is C6H14O9Se. The number of ketones is 1. The zero-order valence-corrected chi connectivity index (χ0v) is 9.71. The van der Waals surface area contributed by atoms with Gasteiger partial charge in [-0.25, -0.2) is 0 Å². The van der Waals surface area contributed by atoms with Crippen molar-refractivity contribution < 1.29 is 42.5 Å². The Morgan fingerprint density at radius 3 is 1.75 bits per heavy atom. The maximum absolute atomic E-state index is 10.5. The van der Waals surface area contributed by atoms with E-state index in [0.29, 0.717) is 0 Å². The van der Waals surface area contributed by atoms with E-state index in [1.807, 2.05) is 0 Å². The Bertz CT molecular complexity index is 216. The molecule has 0 heterocycles. The molecule has 0 aliphatic carbocycles. The molecule has 0 aromatic rings. The third-order valence-corrected chi connectivity index (χ3v) is 1.39. The van der Waals surface area contributed by atoms with Crippen molar-refractivity contribution in [3.8, 4) is 0 Å². The molecule has 9 nitrogen and oxygen atoms in total. The van der Waals surface area contributed by atoms with Crippen LogP contribution in [0.5, 0.6) is 0 Å². The van der Waals surface area contributed by atoms with Gasteiger partial charge in [-0.15, -0.1) is 0 Å². The molecule has 7 N–H and O–H groups in total. The zero-order valence-electron chi connectivity index (χ0n) is 8.00. The summed E-state index contributed by atoms with van der Waals surface area (Å²) in [5, 5.41) is 43.1. The van der Waals surface area contributed by atoms with E-state index in [4.69, 9.17) is 37.7 Å². The second kappa shape index (κ2) is 9.90. The van der Waals surface area contributed by atoms with Gasteiger partial charge >= 0.3 is 26.7 Å². The van der Waals surface area contributed by atoms with Gasteiger partial charge in [0.15, 0.2) is 5.78 Å². The number of carbonyl (C=O) groups excluding carboxylic acids is 1. The summed E-state index contributed by atoms with van der Waals surface area (Å²) < 4.78 is 23.1. The standard InChI is InChI=1S/C6H12O6.H2O3Se/c7-1-3(9)5(11)6(12)4(10)2-8;1-4(2)3/h3,5-9,11-12H,1-2H2;(H2,1,2,3). The van der Waals surface area contributed by atoms with E-state index < -0.39 is 51.8 Å². The summed E-state index contributed by atoms with van der Waals surface area (Å²) in [4.78, 5) is 10.5. The topological polar surface area (TPSA) is 176 Å². The fourth-order valence-corrected chi connectivity index (χ4v) is 0.602. The Labute approximate surface area is 94.9 Å². The maximum atomic E-state index is 10.5. The Balaban J connectivity index is 0. The molecule has 3 atom stereocenters. The van der Waals surface area contributed by atoms with Gasteiger partial charge in [0.2, 0.25) is 0 Å². The van der Waals surface area contributed by atoms with Crippen LogP contribution in [0.15, 0.2) is 0 Å². The first-order chi connectivity index (χ1) is 7.27. The van der Waals surface area contributed by atoms with Crippen LogP contribution in [0.3, 0.4) is 0 Å². The molecule has 0 fully saturated rings. The van der Waals surface area contributed by atoms with Gasteiger partial charge in [0.25, 0.3) is 0 Å². The molecule has 0 aliphatic heterocycles. The van der Waals surface area contributed by atoms with E-state index in [2.05, 4.69) is 0 Å². The molecule has 16 heavy (non-hydrogen) atoms. The molecule has 0 spiro atoms. The second-order valence-corrected chi connectivity index (χ2v) is 3.51. The molecule has 0 bridgehead atoms. The first-order valence-corrected chi connectivity index (χ1v) is 6.09. The number of hydrogen-bond donors (Lipinski definition) is 7. The van der Waals surface area contributed by atoms with Gasteiger partial charge in [0.1, 0.15) is 24.9 Å². The molecule has 0 radical (unpaired) electrons. The Hall–Kier alpha value is -0.291. The van der Waals surface area contributed by atoms with Crippen molar-refractivity contribution in [1.82, 2.24) is 0 Å². The van der Waals surface area contributed by atoms with E-state index >= 15 is 0 Å². The van der Waals surface area contributed by atoms with Crippen molar-refractivity contribution in [3.63, 3.8) is 0 Å². The second-order valence-electron chi connectivity index (χ2n) is 2.54. The fraction of sp³-hybridized carbons (Fsp3) is 0.833. The normalized spacial score (nSPS) is 16.0.